The smallest absolute Gasteiger partial charge is 0.389 e. The second-order valence-electron chi connectivity index (χ2n) is 4.04. The zero-order chi connectivity index (χ0) is 14.3. The van der Waals surface area contributed by atoms with Gasteiger partial charge in [0.2, 0.25) is 5.91 Å². The van der Waals surface area contributed by atoms with Gasteiger partial charge in [0.15, 0.2) is 0 Å². The van der Waals surface area contributed by atoms with Gasteiger partial charge in [0.1, 0.15) is 6.54 Å². The molecule has 1 amide bonds. The summed E-state index contributed by atoms with van der Waals surface area (Å²) in [4.78, 5) is 23.9. The molecule has 0 aromatic rings. The third-order valence-electron chi connectivity index (χ3n) is 2.17. The van der Waals surface area contributed by atoms with Gasteiger partial charge in [-0.3, -0.25) is 9.59 Å². The number of esters is 1. The van der Waals surface area contributed by atoms with Crippen LogP contribution in [-0.4, -0.2) is 42.1 Å². The number of rotatable bonds is 6. The fraction of sp³-hybridized carbons (Fsp3) is 0.818. The van der Waals surface area contributed by atoms with Crippen LogP contribution in [0.3, 0.4) is 0 Å². The molecular weight excluding hydrogens is 251 g/mol. The topological polar surface area (TPSA) is 46.6 Å². The Bertz CT molecular complexity index is 290. The Labute approximate surface area is 104 Å². The molecule has 0 aromatic heterocycles. The largest absolute Gasteiger partial charge is 0.465 e. The van der Waals surface area contributed by atoms with Crippen LogP contribution in [0.1, 0.15) is 33.6 Å². The summed E-state index contributed by atoms with van der Waals surface area (Å²) in [6, 6.07) is -0.352. The Morgan fingerprint density at radius 3 is 2.22 bits per heavy atom. The molecule has 0 saturated heterocycles. The first kappa shape index (κ1) is 16.7. The molecule has 0 atom stereocenters. The van der Waals surface area contributed by atoms with Crippen LogP contribution in [0, 0.1) is 0 Å². The summed E-state index contributed by atoms with van der Waals surface area (Å²) in [5.74, 6) is -1.32. The number of carbonyl (C=O) groups is 2. The zero-order valence-corrected chi connectivity index (χ0v) is 10.7. The molecule has 0 N–H and O–H groups in total. The highest BCUT2D eigenvalue weighted by Crippen LogP contribution is 2.22. The van der Waals surface area contributed by atoms with Gasteiger partial charge in [-0.1, -0.05) is 0 Å². The maximum atomic E-state index is 12.0. The highest BCUT2D eigenvalue weighted by atomic mass is 19.4. The highest BCUT2D eigenvalue weighted by Gasteiger charge is 2.30. The summed E-state index contributed by atoms with van der Waals surface area (Å²) < 4.78 is 40.7. The van der Waals surface area contributed by atoms with E-state index in [1.54, 1.807) is 20.8 Å². The van der Waals surface area contributed by atoms with Gasteiger partial charge in [-0.25, -0.2) is 0 Å². The van der Waals surface area contributed by atoms with Crippen LogP contribution in [0.15, 0.2) is 0 Å². The summed E-state index contributed by atoms with van der Waals surface area (Å²) in [5, 5.41) is 0. The second-order valence-corrected chi connectivity index (χ2v) is 4.04. The van der Waals surface area contributed by atoms with Crippen LogP contribution in [0.25, 0.3) is 0 Å². The fourth-order valence-electron chi connectivity index (χ4n) is 1.30. The maximum absolute atomic E-state index is 12.0. The minimum atomic E-state index is -4.37. The van der Waals surface area contributed by atoms with E-state index in [-0.39, 0.29) is 19.2 Å². The van der Waals surface area contributed by atoms with Crippen molar-refractivity contribution in [2.24, 2.45) is 0 Å². The van der Waals surface area contributed by atoms with E-state index < -0.39 is 30.9 Å². The molecule has 106 valence electrons. The molecule has 0 aliphatic carbocycles. The van der Waals surface area contributed by atoms with E-state index in [9.17, 15) is 22.8 Å². The molecule has 0 unspecified atom stereocenters. The average Bonchev–Trinajstić information content (AvgIpc) is 2.21. The van der Waals surface area contributed by atoms with Crippen LogP contribution in [-0.2, 0) is 14.3 Å². The molecule has 0 saturated carbocycles. The van der Waals surface area contributed by atoms with Crippen molar-refractivity contribution in [2.45, 2.75) is 45.8 Å². The van der Waals surface area contributed by atoms with Crippen molar-refractivity contribution in [3.8, 4) is 0 Å². The number of nitrogens with zero attached hydrogens (tertiary/aromatic N) is 1. The van der Waals surface area contributed by atoms with Crippen molar-refractivity contribution in [3.63, 3.8) is 0 Å². The van der Waals surface area contributed by atoms with Gasteiger partial charge in [-0.05, 0) is 20.8 Å². The van der Waals surface area contributed by atoms with Crippen molar-refractivity contribution >= 4 is 11.9 Å². The first-order chi connectivity index (χ1) is 8.17. The average molecular weight is 269 g/mol. The molecular formula is C11H18F3NO3. The van der Waals surface area contributed by atoms with E-state index in [1.807, 2.05) is 0 Å². The number of carbonyl (C=O) groups excluding carboxylic acids is 2. The third-order valence-corrected chi connectivity index (χ3v) is 2.17. The molecule has 18 heavy (non-hydrogen) atoms. The first-order valence-electron chi connectivity index (χ1n) is 5.69. The van der Waals surface area contributed by atoms with E-state index in [2.05, 4.69) is 4.74 Å². The van der Waals surface area contributed by atoms with Gasteiger partial charge in [0.05, 0.1) is 13.0 Å². The molecule has 0 bridgehead atoms. The van der Waals surface area contributed by atoms with Crippen LogP contribution < -0.4 is 0 Å². The maximum Gasteiger partial charge on any atom is 0.389 e. The normalized spacial score (nSPS) is 11.5. The Kier molecular flexibility index (Phi) is 6.72. The van der Waals surface area contributed by atoms with Crippen LogP contribution in [0.5, 0.6) is 0 Å². The van der Waals surface area contributed by atoms with E-state index in [0.717, 1.165) is 4.90 Å². The second kappa shape index (κ2) is 7.23. The Morgan fingerprint density at radius 1 is 1.28 bits per heavy atom. The molecule has 0 spiro atoms. The summed E-state index contributed by atoms with van der Waals surface area (Å²) in [6.45, 7) is 4.72. The van der Waals surface area contributed by atoms with Gasteiger partial charge in [0.25, 0.3) is 0 Å². The lowest BCUT2D eigenvalue weighted by Gasteiger charge is -2.25. The standard InChI is InChI=1S/C11H18F3NO3/c1-4-18-10(17)7-15(8(2)3)9(16)5-6-11(12,13)14/h8H,4-7H2,1-3H3. The van der Waals surface area contributed by atoms with Crippen LogP contribution in [0.4, 0.5) is 13.2 Å². The number of amides is 1. The van der Waals surface area contributed by atoms with Gasteiger partial charge < -0.3 is 9.64 Å². The van der Waals surface area contributed by atoms with Crippen molar-refractivity contribution in [1.29, 1.82) is 0 Å². The first-order valence-corrected chi connectivity index (χ1v) is 5.69. The lowest BCUT2D eigenvalue weighted by atomic mass is 10.2. The lowest BCUT2D eigenvalue weighted by Crippen LogP contribution is -2.41. The molecule has 0 heterocycles. The molecule has 7 heteroatoms. The van der Waals surface area contributed by atoms with Gasteiger partial charge in [-0.2, -0.15) is 13.2 Å². The molecule has 0 aliphatic heterocycles. The van der Waals surface area contributed by atoms with E-state index in [4.69, 9.17) is 0 Å². The molecule has 0 aromatic carbocycles. The fourth-order valence-corrected chi connectivity index (χ4v) is 1.30. The predicted octanol–water partition coefficient (Wildman–Crippen LogP) is 2.13. The van der Waals surface area contributed by atoms with Gasteiger partial charge >= 0.3 is 12.1 Å². The van der Waals surface area contributed by atoms with Crippen molar-refractivity contribution in [2.75, 3.05) is 13.2 Å². The lowest BCUT2D eigenvalue weighted by molar-refractivity contribution is -0.155. The molecule has 0 aliphatic rings. The number of alkyl halides is 3. The Morgan fingerprint density at radius 2 is 1.83 bits per heavy atom. The minimum Gasteiger partial charge on any atom is -0.465 e. The zero-order valence-electron chi connectivity index (χ0n) is 10.7. The number of hydrogen-bond acceptors (Lipinski definition) is 3. The van der Waals surface area contributed by atoms with E-state index >= 15 is 0 Å². The summed E-state index contributed by atoms with van der Waals surface area (Å²) in [5.41, 5.74) is 0. The summed E-state index contributed by atoms with van der Waals surface area (Å²) in [7, 11) is 0. The molecule has 0 fully saturated rings. The van der Waals surface area contributed by atoms with Crippen molar-refractivity contribution < 1.29 is 27.5 Å². The van der Waals surface area contributed by atoms with Crippen molar-refractivity contribution in [3.05, 3.63) is 0 Å². The summed E-state index contributed by atoms with van der Waals surface area (Å²) in [6.07, 6.45) is -6.21. The summed E-state index contributed by atoms with van der Waals surface area (Å²) >= 11 is 0. The highest BCUT2D eigenvalue weighted by molar-refractivity contribution is 5.82. The molecule has 0 radical (unpaired) electrons. The van der Waals surface area contributed by atoms with Gasteiger partial charge in [0, 0.05) is 12.5 Å². The van der Waals surface area contributed by atoms with Gasteiger partial charge in [-0.15, -0.1) is 0 Å². The Hall–Kier alpha value is -1.27. The monoisotopic (exact) mass is 269 g/mol. The van der Waals surface area contributed by atoms with Crippen LogP contribution in [0.2, 0.25) is 0 Å². The molecule has 0 rings (SSSR count). The predicted molar refractivity (Wildman–Crippen MR) is 58.8 cm³/mol. The van der Waals surface area contributed by atoms with E-state index in [1.165, 1.54) is 0 Å². The number of hydrogen-bond donors (Lipinski definition) is 0. The quantitative estimate of drug-likeness (QED) is 0.694. The Balaban J connectivity index is 4.41. The third kappa shape index (κ3) is 7.13. The molecule has 4 nitrogen and oxygen atoms in total. The number of halogens is 3. The number of ether oxygens (including phenoxy) is 1. The minimum absolute atomic E-state index is 0.168. The van der Waals surface area contributed by atoms with Crippen molar-refractivity contribution in [1.82, 2.24) is 4.90 Å². The SMILES string of the molecule is CCOC(=O)CN(C(=O)CCC(F)(F)F)C(C)C. The van der Waals surface area contributed by atoms with E-state index in [0.29, 0.717) is 0 Å². The van der Waals surface area contributed by atoms with Crippen LogP contribution >= 0.6 is 0 Å².